The van der Waals surface area contributed by atoms with Crippen molar-refractivity contribution < 1.29 is 19.0 Å². The van der Waals surface area contributed by atoms with Gasteiger partial charge in [-0.1, -0.05) is 0 Å². The van der Waals surface area contributed by atoms with Crippen molar-refractivity contribution in [3.05, 3.63) is 23.9 Å². The van der Waals surface area contributed by atoms with E-state index in [1.165, 1.54) is 0 Å². The zero-order valence-electron chi connectivity index (χ0n) is 15.7. The maximum Gasteiger partial charge on any atom is 0.249 e. The summed E-state index contributed by atoms with van der Waals surface area (Å²) in [7, 11) is 3.29. The number of amides is 1. The number of benzene rings is 1. The number of hydrogen-bond donors (Lipinski definition) is 3. The van der Waals surface area contributed by atoms with Crippen LogP contribution in [-0.4, -0.2) is 50.4 Å². The van der Waals surface area contributed by atoms with Crippen LogP contribution in [-0.2, 0) is 16.0 Å². The fraction of sp³-hybridized carbons (Fsp3) is 0.526. The molecule has 0 saturated carbocycles. The number of fused-ring (bicyclic) bond motifs is 1. The van der Waals surface area contributed by atoms with E-state index in [0.29, 0.717) is 13.1 Å². The van der Waals surface area contributed by atoms with Crippen molar-refractivity contribution in [2.24, 2.45) is 5.73 Å². The highest BCUT2D eigenvalue weighted by Gasteiger charge is 2.29. The molecule has 1 aromatic heterocycles. The van der Waals surface area contributed by atoms with Gasteiger partial charge in [0, 0.05) is 36.3 Å². The van der Waals surface area contributed by atoms with Crippen molar-refractivity contribution in [1.82, 2.24) is 10.3 Å². The third kappa shape index (κ3) is 5.06. The highest BCUT2D eigenvalue weighted by atomic mass is 35.5. The largest absolute Gasteiger partial charge is 0.497 e. The molecule has 1 amide bonds. The highest BCUT2D eigenvalue weighted by molar-refractivity contribution is 5.88. The molecule has 27 heavy (non-hydrogen) atoms. The first-order valence-electron chi connectivity index (χ1n) is 9.01. The van der Waals surface area contributed by atoms with Crippen LogP contribution >= 0.6 is 12.4 Å². The van der Waals surface area contributed by atoms with Gasteiger partial charge in [0.15, 0.2) is 0 Å². The fourth-order valence-corrected chi connectivity index (χ4v) is 3.33. The molecule has 3 rings (SSSR count). The van der Waals surface area contributed by atoms with Crippen molar-refractivity contribution >= 4 is 29.2 Å². The Morgan fingerprint density at radius 2 is 2.11 bits per heavy atom. The summed E-state index contributed by atoms with van der Waals surface area (Å²) in [5.41, 5.74) is 7.65. The van der Waals surface area contributed by atoms with E-state index in [4.69, 9.17) is 19.9 Å². The lowest BCUT2D eigenvalue weighted by atomic mass is 10.2. The number of rotatable bonds is 8. The molecule has 7 nitrogen and oxygen atoms in total. The first-order valence-corrected chi connectivity index (χ1v) is 9.01. The Kier molecular flexibility index (Phi) is 7.77. The number of nitrogens with one attached hydrogen (secondary N) is 2. The average molecular weight is 398 g/mol. The van der Waals surface area contributed by atoms with Crippen LogP contribution in [0.1, 0.15) is 25.0 Å². The lowest BCUT2D eigenvalue weighted by Gasteiger charge is -2.12. The zero-order chi connectivity index (χ0) is 18.5. The van der Waals surface area contributed by atoms with E-state index in [2.05, 4.69) is 16.4 Å². The summed E-state index contributed by atoms with van der Waals surface area (Å²) in [5.74, 6) is 1.49. The molecule has 4 N–H and O–H groups in total. The van der Waals surface area contributed by atoms with Crippen LogP contribution in [0.5, 0.6) is 11.5 Å². The molecule has 8 heteroatoms. The predicted octanol–water partition coefficient (Wildman–Crippen LogP) is 2.16. The predicted molar refractivity (Wildman–Crippen MR) is 107 cm³/mol. The standard InChI is InChI=1S/C19H27N3O4.ClH/c1-24-14-9-16-15(18(10-14)25-2)8-12(22-16)4-3-7-21-19(23)17-6-5-13(11-20)26-17;/h8-10,13,17,22H,3-7,11,20H2,1-2H3,(H,21,23);1H/t13-,17+;/m1./s1. The first-order chi connectivity index (χ1) is 12.6. The molecule has 1 fully saturated rings. The molecule has 0 bridgehead atoms. The molecule has 2 heterocycles. The maximum atomic E-state index is 12.1. The minimum absolute atomic E-state index is 0. The number of ether oxygens (including phenoxy) is 3. The van der Waals surface area contributed by atoms with Gasteiger partial charge in [0.1, 0.15) is 17.6 Å². The van der Waals surface area contributed by atoms with Gasteiger partial charge in [0.25, 0.3) is 0 Å². The van der Waals surface area contributed by atoms with Crippen LogP contribution in [0, 0.1) is 0 Å². The Bertz CT molecular complexity index is 765. The molecule has 1 aliphatic rings. The van der Waals surface area contributed by atoms with Crippen LogP contribution in [0.2, 0.25) is 0 Å². The number of H-pyrrole nitrogens is 1. The molecule has 0 spiro atoms. The molecule has 0 radical (unpaired) electrons. The summed E-state index contributed by atoms with van der Waals surface area (Å²) >= 11 is 0. The second-order valence-electron chi connectivity index (χ2n) is 6.54. The molecular weight excluding hydrogens is 370 g/mol. The van der Waals surface area contributed by atoms with Gasteiger partial charge in [0.2, 0.25) is 5.91 Å². The van der Waals surface area contributed by atoms with Gasteiger partial charge >= 0.3 is 0 Å². The number of halogens is 1. The molecule has 1 saturated heterocycles. The van der Waals surface area contributed by atoms with E-state index in [-0.39, 0.29) is 30.5 Å². The van der Waals surface area contributed by atoms with Gasteiger partial charge in [-0.3, -0.25) is 4.79 Å². The zero-order valence-corrected chi connectivity index (χ0v) is 16.6. The molecular formula is C19H28ClN3O4. The molecule has 0 aliphatic carbocycles. The van der Waals surface area contributed by atoms with Crippen LogP contribution in [0.15, 0.2) is 18.2 Å². The highest BCUT2D eigenvalue weighted by Crippen LogP contribution is 2.31. The van der Waals surface area contributed by atoms with Gasteiger partial charge < -0.3 is 30.2 Å². The minimum atomic E-state index is -0.353. The normalized spacial score (nSPS) is 18.9. The number of aromatic nitrogens is 1. The van der Waals surface area contributed by atoms with Gasteiger partial charge in [-0.05, 0) is 31.7 Å². The number of nitrogens with two attached hydrogens (primary N) is 1. The third-order valence-corrected chi connectivity index (χ3v) is 4.77. The van der Waals surface area contributed by atoms with E-state index < -0.39 is 0 Å². The lowest BCUT2D eigenvalue weighted by molar-refractivity contribution is -0.131. The van der Waals surface area contributed by atoms with Crippen molar-refractivity contribution in [3.8, 4) is 11.5 Å². The Morgan fingerprint density at radius 3 is 2.78 bits per heavy atom. The Morgan fingerprint density at radius 1 is 1.30 bits per heavy atom. The summed E-state index contributed by atoms with van der Waals surface area (Å²) in [4.78, 5) is 15.5. The number of aromatic amines is 1. The molecule has 1 aromatic carbocycles. The van der Waals surface area contributed by atoms with Crippen LogP contribution in [0.25, 0.3) is 10.9 Å². The Labute approximate surface area is 165 Å². The number of carbonyl (C=O) groups excluding carboxylic acids is 1. The summed E-state index contributed by atoms with van der Waals surface area (Å²) in [6.07, 6.45) is 2.94. The van der Waals surface area contributed by atoms with Gasteiger partial charge in [-0.25, -0.2) is 0 Å². The van der Waals surface area contributed by atoms with Crippen LogP contribution in [0.4, 0.5) is 0 Å². The maximum absolute atomic E-state index is 12.1. The number of methoxy groups -OCH3 is 2. The molecule has 1 aliphatic heterocycles. The molecule has 0 unspecified atom stereocenters. The van der Waals surface area contributed by atoms with Gasteiger partial charge in [-0.2, -0.15) is 0 Å². The fourth-order valence-electron chi connectivity index (χ4n) is 3.33. The lowest BCUT2D eigenvalue weighted by Crippen LogP contribution is -2.36. The van der Waals surface area contributed by atoms with E-state index in [9.17, 15) is 4.79 Å². The number of aryl methyl sites for hydroxylation is 1. The topological polar surface area (TPSA) is 98.6 Å². The second-order valence-corrected chi connectivity index (χ2v) is 6.54. The van der Waals surface area contributed by atoms with E-state index >= 15 is 0 Å². The average Bonchev–Trinajstić information content (AvgIpc) is 3.30. The van der Waals surface area contributed by atoms with E-state index in [1.807, 2.05) is 12.1 Å². The summed E-state index contributed by atoms with van der Waals surface area (Å²) in [5, 5.41) is 3.98. The van der Waals surface area contributed by atoms with Crippen molar-refractivity contribution in [1.29, 1.82) is 0 Å². The monoisotopic (exact) mass is 397 g/mol. The van der Waals surface area contributed by atoms with Crippen molar-refractivity contribution in [2.45, 2.75) is 37.9 Å². The number of hydrogen-bond acceptors (Lipinski definition) is 5. The minimum Gasteiger partial charge on any atom is -0.497 e. The van der Waals surface area contributed by atoms with Crippen molar-refractivity contribution in [3.63, 3.8) is 0 Å². The number of carbonyl (C=O) groups is 1. The Hall–Kier alpha value is -1.96. The molecule has 2 aromatic rings. The van der Waals surface area contributed by atoms with Crippen molar-refractivity contribution in [2.75, 3.05) is 27.3 Å². The second kappa shape index (κ2) is 9.82. The van der Waals surface area contributed by atoms with Crippen LogP contribution < -0.4 is 20.5 Å². The Balaban J connectivity index is 0.00000261. The quantitative estimate of drug-likeness (QED) is 0.593. The van der Waals surface area contributed by atoms with Gasteiger partial charge in [0.05, 0.1) is 25.8 Å². The van der Waals surface area contributed by atoms with E-state index in [1.54, 1.807) is 14.2 Å². The smallest absolute Gasteiger partial charge is 0.249 e. The third-order valence-electron chi connectivity index (χ3n) is 4.77. The summed E-state index contributed by atoms with van der Waals surface area (Å²) < 4.78 is 16.3. The summed E-state index contributed by atoms with van der Waals surface area (Å²) in [6.45, 7) is 1.08. The molecule has 150 valence electrons. The first kappa shape index (κ1) is 21.3. The SMILES string of the molecule is COc1cc(OC)c2cc(CCCNC(=O)[C@@H]3CC[C@H](CN)O3)[nH]c2c1.Cl. The molecule has 2 atom stereocenters. The van der Waals surface area contributed by atoms with E-state index in [0.717, 1.165) is 53.8 Å². The summed E-state index contributed by atoms with van der Waals surface area (Å²) in [6, 6.07) is 5.91. The van der Waals surface area contributed by atoms with Crippen LogP contribution in [0.3, 0.4) is 0 Å². The van der Waals surface area contributed by atoms with Gasteiger partial charge in [-0.15, -0.1) is 12.4 Å².